The topological polar surface area (TPSA) is 87.7 Å². The molecule has 28 heavy (non-hydrogen) atoms. The Morgan fingerprint density at radius 2 is 1.75 bits per heavy atom. The lowest BCUT2D eigenvalue weighted by Gasteiger charge is -2.35. The van der Waals surface area contributed by atoms with E-state index in [0.717, 1.165) is 12.8 Å². The molecule has 1 aromatic rings. The summed E-state index contributed by atoms with van der Waals surface area (Å²) in [5.41, 5.74) is 0.489. The van der Waals surface area contributed by atoms with Crippen LogP contribution in [0.25, 0.3) is 0 Å². The van der Waals surface area contributed by atoms with Crippen LogP contribution in [0.3, 0.4) is 0 Å². The second kappa shape index (κ2) is 9.08. The molecule has 1 aromatic carbocycles. The summed E-state index contributed by atoms with van der Waals surface area (Å²) < 4.78 is 5.12. The van der Waals surface area contributed by atoms with E-state index in [0.29, 0.717) is 43.7 Å². The molecule has 7 nitrogen and oxygen atoms in total. The standard InChI is InChI=1S/C21H29N3O4/c1-3-18(25)24-12-10-14(11-13-24)19(21(27)22-16-6-7-16)23-20(26)15-4-8-17(28-2)9-5-15/h4-5,8-9,14,16,19H,3,6-7,10-13H2,1-2H3,(H,22,27)(H,23,26)/t19-/m1/s1. The van der Waals surface area contributed by atoms with Crippen molar-refractivity contribution in [2.75, 3.05) is 20.2 Å². The minimum Gasteiger partial charge on any atom is -0.497 e. The van der Waals surface area contributed by atoms with Gasteiger partial charge in [-0.15, -0.1) is 0 Å². The Balaban J connectivity index is 1.67. The van der Waals surface area contributed by atoms with Gasteiger partial charge in [0.25, 0.3) is 5.91 Å². The molecule has 3 amide bonds. The van der Waals surface area contributed by atoms with Gasteiger partial charge < -0.3 is 20.3 Å². The van der Waals surface area contributed by atoms with Crippen LogP contribution < -0.4 is 15.4 Å². The highest BCUT2D eigenvalue weighted by Gasteiger charge is 2.36. The van der Waals surface area contributed by atoms with E-state index in [-0.39, 0.29) is 29.7 Å². The molecule has 1 aliphatic heterocycles. The Morgan fingerprint density at radius 1 is 1.11 bits per heavy atom. The van der Waals surface area contributed by atoms with Crippen LogP contribution in [-0.4, -0.2) is 54.9 Å². The minimum atomic E-state index is -0.589. The third-order valence-corrected chi connectivity index (χ3v) is 5.51. The summed E-state index contributed by atoms with van der Waals surface area (Å²) in [6, 6.07) is 6.47. The summed E-state index contributed by atoms with van der Waals surface area (Å²) in [6.07, 6.45) is 3.89. The lowest BCUT2D eigenvalue weighted by atomic mass is 9.88. The molecule has 0 unspecified atom stereocenters. The first-order valence-electron chi connectivity index (χ1n) is 10.0. The zero-order chi connectivity index (χ0) is 20.1. The Labute approximate surface area is 165 Å². The molecule has 1 saturated heterocycles. The molecule has 1 saturated carbocycles. The number of amides is 3. The number of hydrogen-bond donors (Lipinski definition) is 2. The quantitative estimate of drug-likeness (QED) is 0.746. The van der Waals surface area contributed by atoms with Crippen molar-refractivity contribution in [3.63, 3.8) is 0 Å². The van der Waals surface area contributed by atoms with Crippen LogP contribution in [0, 0.1) is 5.92 Å². The van der Waals surface area contributed by atoms with Crippen molar-refractivity contribution >= 4 is 17.7 Å². The zero-order valence-corrected chi connectivity index (χ0v) is 16.6. The monoisotopic (exact) mass is 387 g/mol. The van der Waals surface area contributed by atoms with Gasteiger partial charge in [-0.2, -0.15) is 0 Å². The summed E-state index contributed by atoms with van der Waals surface area (Å²) >= 11 is 0. The number of rotatable bonds is 7. The molecule has 2 N–H and O–H groups in total. The maximum Gasteiger partial charge on any atom is 0.251 e. The molecular formula is C21H29N3O4. The fraction of sp³-hybridized carbons (Fsp3) is 0.571. The average Bonchev–Trinajstić information content (AvgIpc) is 3.55. The van der Waals surface area contributed by atoms with Crippen molar-refractivity contribution in [1.82, 2.24) is 15.5 Å². The van der Waals surface area contributed by atoms with Gasteiger partial charge in [0.15, 0.2) is 0 Å². The highest BCUT2D eigenvalue weighted by molar-refractivity contribution is 5.97. The molecule has 1 atom stereocenters. The summed E-state index contributed by atoms with van der Waals surface area (Å²) in [5, 5.41) is 5.95. The van der Waals surface area contributed by atoms with Crippen LogP contribution >= 0.6 is 0 Å². The van der Waals surface area contributed by atoms with Crippen molar-refractivity contribution in [3.8, 4) is 5.75 Å². The van der Waals surface area contributed by atoms with Gasteiger partial charge in [0.1, 0.15) is 11.8 Å². The first kappa shape index (κ1) is 20.2. The first-order valence-corrected chi connectivity index (χ1v) is 10.0. The van der Waals surface area contributed by atoms with Gasteiger partial charge in [0.2, 0.25) is 11.8 Å². The predicted octanol–water partition coefficient (Wildman–Crippen LogP) is 1.72. The lowest BCUT2D eigenvalue weighted by molar-refractivity contribution is -0.132. The predicted molar refractivity (Wildman–Crippen MR) is 105 cm³/mol. The lowest BCUT2D eigenvalue weighted by Crippen LogP contribution is -2.54. The molecule has 0 bridgehead atoms. The first-order chi connectivity index (χ1) is 13.5. The maximum absolute atomic E-state index is 12.8. The fourth-order valence-electron chi connectivity index (χ4n) is 3.59. The SMILES string of the molecule is CCC(=O)N1CCC([C@@H](NC(=O)c2ccc(OC)cc2)C(=O)NC2CC2)CC1. The van der Waals surface area contributed by atoms with Gasteiger partial charge in [0, 0.05) is 31.1 Å². The number of methoxy groups -OCH3 is 1. The molecule has 7 heteroatoms. The summed E-state index contributed by atoms with van der Waals surface area (Å²) in [6.45, 7) is 3.11. The second-order valence-electron chi connectivity index (χ2n) is 7.53. The summed E-state index contributed by atoms with van der Waals surface area (Å²) in [4.78, 5) is 39.3. The summed E-state index contributed by atoms with van der Waals surface area (Å²) in [7, 11) is 1.57. The second-order valence-corrected chi connectivity index (χ2v) is 7.53. The van der Waals surface area contributed by atoms with Gasteiger partial charge in [-0.3, -0.25) is 14.4 Å². The third-order valence-electron chi connectivity index (χ3n) is 5.51. The zero-order valence-electron chi connectivity index (χ0n) is 16.6. The summed E-state index contributed by atoms with van der Waals surface area (Å²) in [5.74, 6) is 0.435. The van der Waals surface area contributed by atoms with E-state index in [1.807, 2.05) is 11.8 Å². The van der Waals surface area contributed by atoms with E-state index >= 15 is 0 Å². The molecule has 2 aliphatic rings. The van der Waals surface area contributed by atoms with E-state index in [1.54, 1.807) is 31.4 Å². The molecule has 0 spiro atoms. The average molecular weight is 387 g/mol. The van der Waals surface area contributed by atoms with Gasteiger partial charge in [0.05, 0.1) is 7.11 Å². The number of carbonyl (C=O) groups is 3. The van der Waals surface area contributed by atoms with Crippen molar-refractivity contribution in [1.29, 1.82) is 0 Å². The number of benzene rings is 1. The van der Waals surface area contributed by atoms with Gasteiger partial charge >= 0.3 is 0 Å². The molecule has 3 rings (SSSR count). The van der Waals surface area contributed by atoms with E-state index < -0.39 is 6.04 Å². The van der Waals surface area contributed by atoms with Gasteiger partial charge in [-0.05, 0) is 55.9 Å². The molecule has 2 fully saturated rings. The van der Waals surface area contributed by atoms with Crippen molar-refractivity contribution in [2.45, 2.75) is 51.1 Å². The van der Waals surface area contributed by atoms with Crippen LogP contribution in [0.4, 0.5) is 0 Å². The highest BCUT2D eigenvalue weighted by atomic mass is 16.5. The Hall–Kier alpha value is -2.57. The molecule has 152 valence electrons. The molecule has 0 radical (unpaired) electrons. The Kier molecular flexibility index (Phi) is 6.54. The number of nitrogens with one attached hydrogen (secondary N) is 2. The number of likely N-dealkylation sites (tertiary alicyclic amines) is 1. The number of piperidine rings is 1. The largest absolute Gasteiger partial charge is 0.497 e. The van der Waals surface area contributed by atoms with Crippen LogP contribution in [-0.2, 0) is 9.59 Å². The maximum atomic E-state index is 12.8. The Bertz CT molecular complexity index is 707. The fourth-order valence-corrected chi connectivity index (χ4v) is 3.59. The van der Waals surface area contributed by atoms with Crippen molar-refractivity contribution in [3.05, 3.63) is 29.8 Å². The van der Waals surface area contributed by atoms with Crippen LogP contribution in [0.1, 0.15) is 49.4 Å². The van der Waals surface area contributed by atoms with E-state index in [1.165, 1.54) is 0 Å². The van der Waals surface area contributed by atoms with Crippen LogP contribution in [0.15, 0.2) is 24.3 Å². The smallest absolute Gasteiger partial charge is 0.251 e. The van der Waals surface area contributed by atoms with Gasteiger partial charge in [-0.1, -0.05) is 6.92 Å². The number of nitrogens with zero attached hydrogens (tertiary/aromatic N) is 1. The molecule has 1 aliphatic carbocycles. The Morgan fingerprint density at radius 3 is 2.29 bits per heavy atom. The van der Waals surface area contributed by atoms with E-state index in [9.17, 15) is 14.4 Å². The third kappa shape index (κ3) is 5.03. The van der Waals surface area contributed by atoms with E-state index in [4.69, 9.17) is 4.74 Å². The molecule has 1 heterocycles. The minimum absolute atomic E-state index is 0.0156. The van der Waals surface area contributed by atoms with Crippen molar-refractivity contribution in [2.24, 2.45) is 5.92 Å². The molecule has 0 aromatic heterocycles. The molecular weight excluding hydrogens is 358 g/mol. The number of hydrogen-bond acceptors (Lipinski definition) is 4. The highest BCUT2D eigenvalue weighted by Crippen LogP contribution is 2.24. The van der Waals surface area contributed by atoms with Crippen LogP contribution in [0.5, 0.6) is 5.75 Å². The van der Waals surface area contributed by atoms with Crippen LogP contribution in [0.2, 0.25) is 0 Å². The number of carbonyl (C=O) groups excluding carboxylic acids is 3. The number of ether oxygens (including phenoxy) is 1. The normalized spacial score (nSPS) is 18.3. The van der Waals surface area contributed by atoms with Crippen molar-refractivity contribution < 1.29 is 19.1 Å². The van der Waals surface area contributed by atoms with E-state index in [2.05, 4.69) is 10.6 Å². The van der Waals surface area contributed by atoms with Gasteiger partial charge in [-0.25, -0.2) is 0 Å².